The molecule has 0 aliphatic carbocycles. The number of thiol groups is 1. The molecule has 2 aromatic rings. The first-order valence-electron chi connectivity index (χ1n) is 8.19. The Morgan fingerprint density at radius 1 is 1.31 bits per heavy atom. The van der Waals surface area contributed by atoms with E-state index in [0.29, 0.717) is 36.8 Å². The number of halogens is 3. The molecule has 1 atom stereocenters. The van der Waals surface area contributed by atoms with Crippen LogP contribution in [0.3, 0.4) is 0 Å². The Bertz CT molecular complexity index is 814. The molecule has 0 spiro atoms. The Morgan fingerprint density at radius 3 is 2.42 bits per heavy atom. The monoisotopic (exact) mass is 391 g/mol. The minimum absolute atomic E-state index is 0.0384. The molecule has 0 saturated heterocycles. The average Bonchev–Trinajstić information content (AvgIpc) is 2.94. The van der Waals surface area contributed by atoms with E-state index in [2.05, 4.69) is 17.8 Å². The van der Waals surface area contributed by atoms with Crippen molar-refractivity contribution in [2.45, 2.75) is 57.6 Å². The van der Waals surface area contributed by atoms with E-state index in [1.807, 2.05) is 13.8 Å². The fraction of sp³-hybridized carbons (Fsp3) is 0.529. The molecule has 0 bridgehead atoms. The first-order chi connectivity index (χ1) is 12.0. The maximum atomic E-state index is 13.2. The van der Waals surface area contributed by atoms with Crippen LogP contribution in [-0.4, -0.2) is 21.2 Å². The highest BCUT2D eigenvalue weighted by Crippen LogP contribution is 2.41. The van der Waals surface area contributed by atoms with Crippen molar-refractivity contribution in [2.75, 3.05) is 0 Å². The topological polar surface area (TPSA) is 72.6 Å². The van der Waals surface area contributed by atoms with Crippen LogP contribution in [0, 0.1) is 0 Å². The van der Waals surface area contributed by atoms with Crippen LogP contribution in [0.1, 0.15) is 50.4 Å². The normalized spacial score (nSPS) is 14.4. The van der Waals surface area contributed by atoms with Gasteiger partial charge in [0.1, 0.15) is 5.75 Å². The average molecular weight is 391 g/mol. The van der Waals surface area contributed by atoms with E-state index in [4.69, 9.17) is 9.26 Å². The summed E-state index contributed by atoms with van der Waals surface area (Å²) in [4.78, 5) is 9.54. The molecule has 1 N–H and O–H groups in total. The number of aryl methyl sites for hydroxylation is 2. The van der Waals surface area contributed by atoms with Gasteiger partial charge in [-0.15, -0.1) is 12.6 Å². The predicted molar refractivity (Wildman–Crippen MR) is 92.7 cm³/mol. The predicted octanol–water partition coefficient (Wildman–Crippen LogP) is 4.86. The first-order valence-corrected chi connectivity index (χ1v) is 8.63. The van der Waals surface area contributed by atoms with Crippen molar-refractivity contribution in [3.63, 3.8) is 0 Å². The van der Waals surface area contributed by atoms with Crippen molar-refractivity contribution in [3.8, 4) is 5.75 Å². The van der Waals surface area contributed by atoms with Gasteiger partial charge in [-0.1, -0.05) is 31.8 Å². The fourth-order valence-corrected chi connectivity index (χ4v) is 2.78. The lowest BCUT2D eigenvalue weighted by atomic mass is 9.97. The summed E-state index contributed by atoms with van der Waals surface area (Å²) in [6.07, 6.45) is -2.66. The SMILES string of the molecule is CCCc1cc2c(C(F)(F)F)noc2c(CCC)c1OC(C)(S)C(=O)O. The van der Waals surface area contributed by atoms with Crippen LogP contribution in [0.5, 0.6) is 5.75 Å². The van der Waals surface area contributed by atoms with E-state index >= 15 is 0 Å². The van der Waals surface area contributed by atoms with Crippen LogP contribution in [0.25, 0.3) is 11.0 Å². The molecule has 1 heterocycles. The van der Waals surface area contributed by atoms with Gasteiger partial charge in [0.05, 0.1) is 5.39 Å². The highest BCUT2D eigenvalue weighted by molar-refractivity contribution is 7.82. The van der Waals surface area contributed by atoms with Crippen LogP contribution >= 0.6 is 12.6 Å². The number of ether oxygens (including phenoxy) is 1. The Morgan fingerprint density at radius 2 is 1.92 bits per heavy atom. The second-order valence-electron chi connectivity index (χ2n) is 6.14. The van der Waals surface area contributed by atoms with Gasteiger partial charge in [-0.25, -0.2) is 4.79 Å². The molecule has 0 aliphatic heterocycles. The van der Waals surface area contributed by atoms with Crippen molar-refractivity contribution < 1.29 is 32.3 Å². The van der Waals surface area contributed by atoms with E-state index in [-0.39, 0.29) is 16.7 Å². The van der Waals surface area contributed by atoms with Crippen molar-refractivity contribution >= 4 is 29.6 Å². The van der Waals surface area contributed by atoms with E-state index in [1.54, 1.807) is 0 Å². The number of fused-ring (bicyclic) bond motifs is 1. The van der Waals surface area contributed by atoms with Crippen LogP contribution in [0.15, 0.2) is 10.6 Å². The van der Waals surface area contributed by atoms with Gasteiger partial charge in [-0.05, 0) is 31.4 Å². The summed E-state index contributed by atoms with van der Waals surface area (Å²) in [5.41, 5.74) is -0.291. The zero-order valence-corrected chi connectivity index (χ0v) is 15.5. The van der Waals surface area contributed by atoms with Crippen molar-refractivity contribution in [1.29, 1.82) is 0 Å². The maximum absolute atomic E-state index is 13.2. The second kappa shape index (κ2) is 7.38. The van der Waals surface area contributed by atoms with Crippen molar-refractivity contribution in [2.24, 2.45) is 0 Å². The molecule has 0 amide bonds. The van der Waals surface area contributed by atoms with E-state index in [0.717, 1.165) is 0 Å². The van der Waals surface area contributed by atoms with Gasteiger partial charge >= 0.3 is 12.1 Å². The van der Waals surface area contributed by atoms with Gasteiger partial charge in [0.25, 0.3) is 0 Å². The number of rotatable bonds is 7. The Labute approximate surface area is 153 Å². The summed E-state index contributed by atoms with van der Waals surface area (Å²) in [5.74, 6) is -1.11. The summed E-state index contributed by atoms with van der Waals surface area (Å²) >= 11 is 4.02. The Hall–Kier alpha value is -1.90. The van der Waals surface area contributed by atoms with Gasteiger partial charge in [-0.3, -0.25) is 0 Å². The number of aliphatic carboxylic acids is 1. The van der Waals surface area contributed by atoms with Crippen LogP contribution in [0.2, 0.25) is 0 Å². The van der Waals surface area contributed by atoms with Gasteiger partial charge < -0.3 is 14.4 Å². The summed E-state index contributed by atoms with van der Waals surface area (Å²) in [5, 5.41) is 12.3. The lowest BCUT2D eigenvalue weighted by molar-refractivity contribution is -0.146. The number of benzene rings is 1. The van der Waals surface area contributed by atoms with E-state index in [1.165, 1.54) is 13.0 Å². The lowest BCUT2D eigenvalue weighted by Crippen LogP contribution is -2.36. The second-order valence-corrected chi connectivity index (χ2v) is 6.99. The minimum atomic E-state index is -4.65. The summed E-state index contributed by atoms with van der Waals surface area (Å²) in [6.45, 7) is 4.97. The first kappa shape index (κ1) is 20.4. The van der Waals surface area contributed by atoms with Crippen LogP contribution in [-0.2, 0) is 23.8 Å². The molecule has 1 aromatic carbocycles. The van der Waals surface area contributed by atoms with Gasteiger partial charge in [0, 0.05) is 5.56 Å². The summed E-state index contributed by atoms with van der Waals surface area (Å²) in [7, 11) is 0. The minimum Gasteiger partial charge on any atom is -0.478 e. The third-order valence-electron chi connectivity index (χ3n) is 3.87. The highest BCUT2D eigenvalue weighted by atomic mass is 32.1. The van der Waals surface area contributed by atoms with Crippen molar-refractivity contribution in [3.05, 3.63) is 22.9 Å². The molecule has 0 fully saturated rings. The molecule has 26 heavy (non-hydrogen) atoms. The molecule has 5 nitrogen and oxygen atoms in total. The van der Waals surface area contributed by atoms with Gasteiger partial charge in [0.15, 0.2) is 11.3 Å². The quantitative estimate of drug-likeness (QED) is 0.521. The largest absolute Gasteiger partial charge is 0.478 e. The van der Waals surface area contributed by atoms with Gasteiger partial charge in [0.2, 0.25) is 4.93 Å². The van der Waals surface area contributed by atoms with Crippen LogP contribution in [0.4, 0.5) is 13.2 Å². The molecule has 0 aliphatic rings. The Balaban J connectivity index is 2.78. The molecule has 9 heteroatoms. The molecule has 1 aromatic heterocycles. The smallest absolute Gasteiger partial charge is 0.437 e. The number of carbonyl (C=O) groups is 1. The lowest BCUT2D eigenvalue weighted by Gasteiger charge is -2.24. The number of nitrogens with zero attached hydrogens (tertiary/aromatic N) is 1. The van der Waals surface area contributed by atoms with Gasteiger partial charge in [-0.2, -0.15) is 13.2 Å². The zero-order valence-electron chi connectivity index (χ0n) is 14.6. The number of hydrogen-bond acceptors (Lipinski definition) is 5. The van der Waals surface area contributed by atoms with E-state index in [9.17, 15) is 23.1 Å². The number of carboxylic acids is 1. The number of carboxylic acid groups (broad SMARTS) is 1. The molecule has 1 unspecified atom stereocenters. The molecular weight excluding hydrogens is 371 g/mol. The maximum Gasteiger partial charge on any atom is 0.437 e. The van der Waals surface area contributed by atoms with Crippen LogP contribution < -0.4 is 4.74 Å². The highest BCUT2D eigenvalue weighted by Gasteiger charge is 2.39. The third-order valence-corrected chi connectivity index (χ3v) is 4.15. The summed E-state index contributed by atoms with van der Waals surface area (Å²) in [6, 6.07) is 1.32. The molecule has 2 rings (SSSR count). The third kappa shape index (κ3) is 3.92. The number of aromatic nitrogens is 1. The standard InChI is InChI=1S/C17H20F3NO4S/c1-4-6-9-8-11-13(25-21-14(11)17(18,19)20)10(7-5-2)12(9)24-16(3,26)15(22)23/h8,26H,4-7H2,1-3H3,(H,22,23). The number of hydrogen-bond donors (Lipinski definition) is 2. The molecule has 0 radical (unpaired) electrons. The molecule has 0 saturated carbocycles. The molecular formula is C17H20F3NO4S. The Kier molecular flexibility index (Phi) is 5.79. The number of alkyl halides is 3. The summed E-state index contributed by atoms with van der Waals surface area (Å²) < 4.78 is 50.3. The van der Waals surface area contributed by atoms with E-state index < -0.39 is 22.8 Å². The fourth-order valence-electron chi connectivity index (χ4n) is 2.69. The van der Waals surface area contributed by atoms with Crippen molar-refractivity contribution in [1.82, 2.24) is 5.16 Å². The molecule has 144 valence electrons. The zero-order chi connectivity index (χ0) is 19.7.